The molecule has 1 atom stereocenters. The van der Waals surface area contributed by atoms with Crippen LogP contribution in [0.25, 0.3) is 0 Å². The van der Waals surface area contributed by atoms with Gasteiger partial charge < -0.3 is 9.84 Å². The molecule has 1 N–H and O–H groups in total. The van der Waals surface area contributed by atoms with Crippen molar-refractivity contribution in [1.82, 2.24) is 0 Å². The summed E-state index contributed by atoms with van der Waals surface area (Å²) < 4.78 is 5.39. The molecule has 0 spiro atoms. The first-order chi connectivity index (χ1) is 5.83. The highest BCUT2D eigenvalue weighted by atomic mass is 16.5. The molecule has 1 aliphatic rings. The minimum absolute atomic E-state index is 0.0259. The van der Waals surface area contributed by atoms with Gasteiger partial charge in [-0.15, -0.1) is 6.58 Å². The summed E-state index contributed by atoms with van der Waals surface area (Å²) in [5.74, 6) is 0.293. The van der Waals surface area contributed by atoms with Crippen LogP contribution >= 0.6 is 0 Å². The average Bonchev–Trinajstić information content (AvgIpc) is 2.26. The number of ether oxygens (including phenoxy) is 1. The number of hydrogen-bond donors (Lipinski definition) is 1. The minimum Gasteiger partial charge on any atom is -0.508 e. The monoisotopic (exact) mass is 166 g/mol. The summed E-state index contributed by atoms with van der Waals surface area (Å²) in [6.45, 7) is 4.10. The predicted octanol–water partition coefficient (Wildman–Crippen LogP) is 2.35. The fourth-order valence-electron chi connectivity index (χ4n) is 1.12. The molecule has 0 heterocycles. The van der Waals surface area contributed by atoms with Crippen molar-refractivity contribution in [3.05, 3.63) is 36.6 Å². The molecule has 12 heavy (non-hydrogen) atoms. The van der Waals surface area contributed by atoms with Crippen LogP contribution in [0.15, 0.2) is 36.6 Å². The van der Waals surface area contributed by atoms with Crippen molar-refractivity contribution in [1.29, 1.82) is 0 Å². The summed E-state index contributed by atoms with van der Waals surface area (Å²) in [6, 6.07) is 0. The zero-order valence-corrected chi connectivity index (χ0v) is 7.07. The SMILES string of the molecule is C=CCOC1C=C(O)C=CCC1. The van der Waals surface area contributed by atoms with Crippen molar-refractivity contribution in [2.45, 2.75) is 18.9 Å². The average molecular weight is 166 g/mol. The smallest absolute Gasteiger partial charge is 0.113 e. The summed E-state index contributed by atoms with van der Waals surface area (Å²) in [7, 11) is 0. The van der Waals surface area contributed by atoms with E-state index in [1.165, 1.54) is 0 Å². The maximum atomic E-state index is 9.23. The highest BCUT2D eigenvalue weighted by molar-refractivity contribution is 5.15. The molecule has 0 aromatic carbocycles. The summed E-state index contributed by atoms with van der Waals surface area (Å²) in [5.41, 5.74) is 0. The van der Waals surface area contributed by atoms with Crippen molar-refractivity contribution in [3.8, 4) is 0 Å². The number of allylic oxidation sites excluding steroid dienone is 2. The van der Waals surface area contributed by atoms with Crippen LogP contribution in [-0.2, 0) is 4.74 Å². The maximum Gasteiger partial charge on any atom is 0.113 e. The van der Waals surface area contributed by atoms with Crippen molar-refractivity contribution in [3.63, 3.8) is 0 Å². The Morgan fingerprint density at radius 3 is 3.33 bits per heavy atom. The summed E-state index contributed by atoms with van der Waals surface area (Å²) in [4.78, 5) is 0. The Balaban J connectivity index is 2.44. The Bertz CT molecular complexity index is 204. The minimum atomic E-state index is 0.0259. The first-order valence-electron chi connectivity index (χ1n) is 4.12. The topological polar surface area (TPSA) is 29.5 Å². The van der Waals surface area contributed by atoms with Crippen molar-refractivity contribution >= 4 is 0 Å². The van der Waals surface area contributed by atoms with Crippen LogP contribution in [0.5, 0.6) is 0 Å². The number of rotatable bonds is 3. The normalized spacial score (nSPS) is 23.0. The van der Waals surface area contributed by atoms with Crippen LogP contribution in [-0.4, -0.2) is 17.8 Å². The van der Waals surface area contributed by atoms with Crippen LogP contribution in [0.4, 0.5) is 0 Å². The van der Waals surface area contributed by atoms with Crippen LogP contribution < -0.4 is 0 Å². The van der Waals surface area contributed by atoms with Gasteiger partial charge in [0, 0.05) is 0 Å². The Labute approximate surface area is 72.9 Å². The van der Waals surface area contributed by atoms with E-state index >= 15 is 0 Å². The van der Waals surface area contributed by atoms with E-state index in [2.05, 4.69) is 6.58 Å². The highest BCUT2D eigenvalue weighted by Crippen LogP contribution is 2.12. The van der Waals surface area contributed by atoms with E-state index in [9.17, 15) is 5.11 Å². The standard InChI is InChI=1S/C10H14O2/c1-2-7-12-10-6-4-3-5-9(11)8-10/h2-3,5,8,10-11H,1,4,6-7H2. The van der Waals surface area contributed by atoms with E-state index < -0.39 is 0 Å². The molecule has 0 saturated carbocycles. The van der Waals surface area contributed by atoms with Gasteiger partial charge in [-0.05, 0) is 25.0 Å². The third kappa shape index (κ3) is 2.93. The Morgan fingerprint density at radius 2 is 2.58 bits per heavy atom. The lowest BCUT2D eigenvalue weighted by molar-refractivity contribution is 0.102. The van der Waals surface area contributed by atoms with Gasteiger partial charge in [0.1, 0.15) is 5.76 Å². The molecule has 1 aliphatic carbocycles. The van der Waals surface area contributed by atoms with E-state index in [-0.39, 0.29) is 6.10 Å². The molecule has 0 fully saturated rings. The lowest BCUT2D eigenvalue weighted by atomic mass is 10.2. The van der Waals surface area contributed by atoms with Gasteiger partial charge in [0.2, 0.25) is 0 Å². The van der Waals surface area contributed by atoms with Crippen LogP contribution in [0.3, 0.4) is 0 Å². The molecule has 2 nitrogen and oxygen atoms in total. The van der Waals surface area contributed by atoms with Gasteiger partial charge in [-0.3, -0.25) is 0 Å². The second-order valence-corrected chi connectivity index (χ2v) is 2.73. The maximum absolute atomic E-state index is 9.23. The van der Waals surface area contributed by atoms with Gasteiger partial charge in [0.05, 0.1) is 12.7 Å². The van der Waals surface area contributed by atoms with Crippen molar-refractivity contribution in [2.24, 2.45) is 0 Å². The molecule has 0 bridgehead atoms. The van der Waals surface area contributed by atoms with Gasteiger partial charge in [0.15, 0.2) is 0 Å². The molecule has 0 amide bonds. The molecular weight excluding hydrogens is 152 g/mol. The Kier molecular flexibility index (Phi) is 3.61. The van der Waals surface area contributed by atoms with Gasteiger partial charge in [-0.2, -0.15) is 0 Å². The van der Waals surface area contributed by atoms with Crippen molar-refractivity contribution in [2.75, 3.05) is 6.61 Å². The second-order valence-electron chi connectivity index (χ2n) is 2.73. The second kappa shape index (κ2) is 4.78. The molecule has 0 aromatic rings. The Morgan fingerprint density at radius 1 is 1.75 bits per heavy atom. The molecule has 1 rings (SSSR count). The molecule has 0 saturated heterocycles. The third-order valence-electron chi connectivity index (χ3n) is 1.69. The molecule has 1 unspecified atom stereocenters. The largest absolute Gasteiger partial charge is 0.508 e. The third-order valence-corrected chi connectivity index (χ3v) is 1.69. The van der Waals surface area contributed by atoms with Gasteiger partial charge in [0.25, 0.3) is 0 Å². The van der Waals surface area contributed by atoms with Crippen LogP contribution in [0, 0.1) is 0 Å². The van der Waals surface area contributed by atoms with E-state index in [0.29, 0.717) is 12.4 Å². The van der Waals surface area contributed by atoms with Crippen LogP contribution in [0.2, 0.25) is 0 Å². The van der Waals surface area contributed by atoms with E-state index in [1.54, 1.807) is 18.2 Å². The van der Waals surface area contributed by atoms with E-state index in [1.807, 2.05) is 6.08 Å². The lowest BCUT2D eigenvalue weighted by Crippen LogP contribution is -2.09. The number of aliphatic hydroxyl groups is 1. The zero-order chi connectivity index (χ0) is 8.81. The molecule has 0 aliphatic heterocycles. The van der Waals surface area contributed by atoms with E-state index in [4.69, 9.17) is 4.74 Å². The fourth-order valence-corrected chi connectivity index (χ4v) is 1.12. The van der Waals surface area contributed by atoms with Gasteiger partial charge in [-0.1, -0.05) is 12.2 Å². The fraction of sp³-hybridized carbons (Fsp3) is 0.400. The first kappa shape index (κ1) is 9.07. The summed E-state index contributed by atoms with van der Waals surface area (Å²) in [5, 5.41) is 9.23. The lowest BCUT2D eigenvalue weighted by Gasteiger charge is -2.10. The van der Waals surface area contributed by atoms with Crippen LogP contribution in [0.1, 0.15) is 12.8 Å². The summed E-state index contributed by atoms with van der Waals surface area (Å²) in [6.07, 6.45) is 8.99. The number of aliphatic hydroxyl groups excluding tert-OH is 1. The first-order valence-corrected chi connectivity index (χ1v) is 4.12. The highest BCUT2D eigenvalue weighted by Gasteiger charge is 2.07. The summed E-state index contributed by atoms with van der Waals surface area (Å²) >= 11 is 0. The van der Waals surface area contributed by atoms with Gasteiger partial charge in [-0.25, -0.2) is 0 Å². The van der Waals surface area contributed by atoms with E-state index in [0.717, 1.165) is 12.8 Å². The molecule has 66 valence electrons. The predicted molar refractivity (Wildman–Crippen MR) is 49.0 cm³/mol. The van der Waals surface area contributed by atoms with Gasteiger partial charge >= 0.3 is 0 Å². The molecule has 2 heteroatoms. The number of hydrogen-bond acceptors (Lipinski definition) is 2. The van der Waals surface area contributed by atoms with Crippen molar-refractivity contribution < 1.29 is 9.84 Å². The molecule has 0 radical (unpaired) electrons. The quantitative estimate of drug-likeness (QED) is 0.652. The molecular formula is C10H14O2. The zero-order valence-electron chi connectivity index (χ0n) is 7.07. The molecule has 0 aromatic heterocycles. The Hall–Kier alpha value is -1.02.